The summed E-state index contributed by atoms with van der Waals surface area (Å²) in [4.78, 5) is 55.4. The molecule has 1 aliphatic heterocycles. The molecule has 1 aliphatic rings. The van der Waals surface area contributed by atoms with Gasteiger partial charge in [-0.25, -0.2) is 9.59 Å². The Balaban J connectivity index is 1.82. The van der Waals surface area contributed by atoms with Gasteiger partial charge in [0.1, 0.15) is 11.6 Å². The first-order valence-electron chi connectivity index (χ1n) is 18.1. The lowest BCUT2D eigenvalue weighted by molar-refractivity contribution is -0.146. The van der Waals surface area contributed by atoms with Crippen LogP contribution in [0.3, 0.4) is 0 Å². The first kappa shape index (κ1) is 41.2. The lowest BCUT2D eigenvalue weighted by atomic mass is 9.71. The third-order valence-electron chi connectivity index (χ3n) is 10.0. The van der Waals surface area contributed by atoms with Crippen LogP contribution in [0.25, 0.3) is 0 Å². The van der Waals surface area contributed by atoms with Gasteiger partial charge in [-0.05, 0) is 39.6 Å². The Morgan fingerprint density at radius 3 is 1.81 bits per heavy atom. The number of ether oxygens (including phenoxy) is 1. The third kappa shape index (κ3) is 8.18. The van der Waals surface area contributed by atoms with Crippen LogP contribution in [0.5, 0.6) is 0 Å². The average Bonchev–Trinajstić information content (AvgIpc) is 3.45. The summed E-state index contributed by atoms with van der Waals surface area (Å²) in [6, 6.07) is 18.5. The molecule has 4 rings (SSSR count). The highest BCUT2D eigenvalue weighted by Crippen LogP contribution is 2.49. The molecule has 53 heavy (non-hydrogen) atoms. The summed E-state index contributed by atoms with van der Waals surface area (Å²) in [6.07, 6.45) is -2.77. The maximum atomic E-state index is 14.7. The molecule has 0 saturated carbocycles. The summed E-state index contributed by atoms with van der Waals surface area (Å²) in [5.41, 5.74) is -0.771. The Hall–Kier alpha value is -4.55. The van der Waals surface area contributed by atoms with Crippen molar-refractivity contribution in [3.8, 4) is 0 Å². The fourth-order valence-corrected chi connectivity index (χ4v) is 12.3. The second kappa shape index (κ2) is 15.4. The van der Waals surface area contributed by atoms with Gasteiger partial charge in [-0.15, -0.1) is 0 Å². The van der Waals surface area contributed by atoms with Crippen molar-refractivity contribution in [3.05, 3.63) is 89.8 Å². The number of hydrogen-bond acceptors (Lipinski definition) is 7. The largest absolute Gasteiger partial charge is 0.465 e. The zero-order chi connectivity index (χ0) is 39.7. The number of rotatable bonds is 11. The molecule has 2 heterocycles. The van der Waals surface area contributed by atoms with Gasteiger partial charge in [0.05, 0.1) is 24.9 Å². The molecule has 2 N–H and O–H groups in total. The summed E-state index contributed by atoms with van der Waals surface area (Å²) in [5, 5.41) is 27.0. The van der Waals surface area contributed by atoms with Crippen LogP contribution in [-0.4, -0.2) is 76.4 Å². The van der Waals surface area contributed by atoms with Gasteiger partial charge in [-0.1, -0.05) is 135 Å². The molecule has 3 aromatic rings. The number of Topliss-reactive ketones (excluding diaryl/α,β-unsaturated/α-hetero) is 1. The molecule has 0 saturated heterocycles. The van der Waals surface area contributed by atoms with Gasteiger partial charge in [-0.3, -0.25) is 14.5 Å². The Kier molecular flexibility index (Phi) is 12.0. The van der Waals surface area contributed by atoms with Gasteiger partial charge in [0.2, 0.25) is 0 Å². The molecule has 1 aromatic heterocycles. The zero-order valence-corrected chi connectivity index (χ0v) is 33.7. The Morgan fingerprint density at radius 2 is 1.40 bits per heavy atom. The summed E-state index contributed by atoms with van der Waals surface area (Å²) < 4.78 is 13.2. The highest BCUT2D eigenvalue weighted by Gasteiger charge is 2.53. The van der Waals surface area contributed by atoms with Crippen molar-refractivity contribution in [3.63, 3.8) is 0 Å². The van der Waals surface area contributed by atoms with Crippen molar-refractivity contribution in [1.29, 1.82) is 0 Å². The van der Waals surface area contributed by atoms with Gasteiger partial charge in [0.25, 0.3) is 8.32 Å². The number of carbonyl (C=O) groups is 4. The summed E-state index contributed by atoms with van der Waals surface area (Å²) in [6.45, 7) is 23.5. The van der Waals surface area contributed by atoms with Gasteiger partial charge in [0, 0.05) is 18.0 Å². The first-order chi connectivity index (χ1) is 24.6. The molecule has 0 spiro atoms. The van der Waals surface area contributed by atoms with Crippen LogP contribution in [0.1, 0.15) is 103 Å². The molecule has 12 heteroatoms. The van der Waals surface area contributed by atoms with Crippen LogP contribution in [-0.2, 0) is 20.4 Å². The van der Waals surface area contributed by atoms with Crippen LogP contribution in [0.2, 0.25) is 5.04 Å². The number of hydrogen-bond donors (Lipinski definition) is 2. The van der Waals surface area contributed by atoms with E-state index in [1.807, 2.05) is 77.9 Å². The van der Waals surface area contributed by atoms with Crippen LogP contribution in [0.15, 0.2) is 72.8 Å². The van der Waals surface area contributed by atoms with Gasteiger partial charge >= 0.3 is 18.2 Å². The van der Waals surface area contributed by atoms with E-state index in [-0.39, 0.29) is 48.0 Å². The second-order valence-electron chi connectivity index (χ2n) is 17.0. The molecule has 3 atom stereocenters. The normalized spacial score (nSPS) is 17.1. The SMILES string of the molecule is C=C(CO[Si](c1ccccc1)(c1ccccc1)C(C)(C)C)CC(C(=O)OCC)C(=O)c1nn(C(=O)O)c2c1C(C(C)(C)C)N(C(=O)O)C(C(C)(C)C)C2. The molecule has 3 unspecified atom stereocenters. The fraction of sp³-hybridized carbons (Fsp3) is 0.488. The average molecular weight is 746 g/mol. The predicted molar refractivity (Wildman–Crippen MR) is 206 cm³/mol. The van der Waals surface area contributed by atoms with Crippen molar-refractivity contribution in [1.82, 2.24) is 14.7 Å². The van der Waals surface area contributed by atoms with E-state index in [4.69, 9.17) is 9.16 Å². The van der Waals surface area contributed by atoms with Gasteiger partial charge in [0.15, 0.2) is 5.78 Å². The van der Waals surface area contributed by atoms with E-state index in [0.29, 0.717) is 5.57 Å². The van der Waals surface area contributed by atoms with E-state index in [1.165, 1.54) is 4.90 Å². The van der Waals surface area contributed by atoms with Crippen molar-refractivity contribution >= 4 is 42.6 Å². The monoisotopic (exact) mass is 745 g/mol. The van der Waals surface area contributed by atoms with Crippen LogP contribution in [0.4, 0.5) is 9.59 Å². The van der Waals surface area contributed by atoms with E-state index in [1.54, 1.807) is 6.92 Å². The number of nitrogens with zero attached hydrogens (tertiary/aromatic N) is 3. The number of amides is 1. The van der Waals surface area contributed by atoms with E-state index >= 15 is 0 Å². The Morgan fingerprint density at radius 1 is 0.868 bits per heavy atom. The second-order valence-corrected chi connectivity index (χ2v) is 21.3. The van der Waals surface area contributed by atoms with Crippen molar-refractivity contribution < 1.29 is 38.6 Å². The van der Waals surface area contributed by atoms with Crippen molar-refractivity contribution in [2.75, 3.05) is 13.2 Å². The van der Waals surface area contributed by atoms with Crippen LogP contribution >= 0.6 is 0 Å². The minimum absolute atomic E-state index is 0.00000299. The van der Waals surface area contributed by atoms with E-state index in [2.05, 4.69) is 56.7 Å². The lowest BCUT2D eigenvalue weighted by Gasteiger charge is -2.50. The smallest absolute Gasteiger partial charge is 0.432 e. The topological polar surface area (TPSA) is 148 Å². The quantitative estimate of drug-likeness (QED) is 0.0677. The molecule has 0 fully saturated rings. The number of benzene rings is 2. The van der Waals surface area contributed by atoms with E-state index in [0.717, 1.165) is 15.1 Å². The number of carboxylic acid groups (broad SMARTS) is 2. The minimum atomic E-state index is -3.00. The van der Waals surface area contributed by atoms with E-state index < -0.39 is 61.1 Å². The highest BCUT2D eigenvalue weighted by atomic mass is 28.4. The molecule has 0 radical (unpaired) electrons. The number of esters is 1. The lowest BCUT2D eigenvalue weighted by Crippen LogP contribution is -2.66. The maximum absolute atomic E-state index is 14.7. The zero-order valence-electron chi connectivity index (χ0n) is 32.7. The summed E-state index contributed by atoms with van der Waals surface area (Å²) >= 11 is 0. The Labute approximate surface area is 314 Å². The summed E-state index contributed by atoms with van der Waals surface area (Å²) in [5.74, 6) is -3.01. The van der Waals surface area contributed by atoms with E-state index in [9.17, 15) is 29.4 Å². The molecular formula is C41H55N3O8Si. The molecular weight excluding hydrogens is 691 g/mol. The maximum Gasteiger partial charge on any atom is 0.432 e. The number of fused-ring (bicyclic) bond motifs is 1. The fourth-order valence-electron chi connectivity index (χ4n) is 7.72. The Bertz CT molecular complexity index is 1790. The van der Waals surface area contributed by atoms with Crippen molar-refractivity contribution in [2.24, 2.45) is 16.7 Å². The van der Waals surface area contributed by atoms with Gasteiger partial charge < -0.3 is 19.4 Å². The summed E-state index contributed by atoms with van der Waals surface area (Å²) in [7, 11) is -3.00. The van der Waals surface area contributed by atoms with Crippen LogP contribution in [0, 0.1) is 16.7 Å². The molecule has 0 bridgehead atoms. The number of carbonyl (C=O) groups excluding carboxylic acids is 2. The molecule has 286 valence electrons. The standard InChI is InChI=1S/C41H55N3O8Si/c1-12-51-36(46)29(23-26(2)25-52-53(41(9,10)11,27-19-15-13-16-20-27)28-21-17-14-18-22-28)34(45)33-32-30(44(42-33)38(49)50)24-31(39(3,4)5)43(37(47)48)35(32)40(6,7)8/h13-22,29,31,35H,2,12,23-25H2,1,3-11H3,(H,47,48)(H,49,50). The minimum Gasteiger partial charge on any atom is -0.465 e. The molecule has 11 nitrogen and oxygen atoms in total. The molecule has 2 aromatic carbocycles. The number of aromatic nitrogens is 2. The van der Waals surface area contributed by atoms with Crippen LogP contribution < -0.4 is 10.4 Å². The van der Waals surface area contributed by atoms with Gasteiger partial charge in [-0.2, -0.15) is 9.78 Å². The highest BCUT2D eigenvalue weighted by molar-refractivity contribution is 6.99. The third-order valence-corrected chi connectivity index (χ3v) is 15.0. The first-order valence-corrected chi connectivity index (χ1v) is 20.0. The predicted octanol–water partition coefficient (Wildman–Crippen LogP) is 7.33. The molecule has 1 amide bonds. The number of ketones is 1. The molecule has 0 aliphatic carbocycles. The van der Waals surface area contributed by atoms with Crippen molar-refractivity contribution in [2.45, 2.75) is 99.2 Å².